The fraction of sp³-hybridized carbons (Fsp3) is 0.294. The number of hydrogen-bond donors (Lipinski definition) is 1. The van der Waals surface area contributed by atoms with Crippen LogP contribution in [0.5, 0.6) is 0 Å². The summed E-state index contributed by atoms with van der Waals surface area (Å²) in [6.07, 6.45) is 3.44. The third-order valence-corrected chi connectivity index (χ3v) is 4.54. The van der Waals surface area contributed by atoms with E-state index in [1.165, 1.54) is 11.8 Å². The maximum atomic E-state index is 12.5. The molecule has 7 heteroatoms. The number of nitrogens with zero attached hydrogens (tertiary/aromatic N) is 4. The van der Waals surface area contributed by atoms with E-state index in [-0.39, 0.29) is 11.2 Å². The number of thioether (sulfide) groups is 1. The minimum Gasteiger partial charge on any atom is -0.325 e. The second kappa shape index (κ2) is 7.00. The lowest BCUT2D eigenvalue weighted by Gasteiger charge is -2.15. The van der Waals surface area contributed by atoms with Crippen LogP contribution in [0.2, 0.25) is 0 Å². The number of carbonyl (C=O) groups excluding carboxylic acids is 1. The molecule has 1 N–H and O–H groups in total. The lowest BCUT2D eigenvalue weighted by atomic mass is 10.0. The molecule has 2 heterocycles. The van der Waals surface area contributed by atoms with Crippen molar-refractivity contribution in [2.45, 2.75) is 37.1 Å². The van der Waals surface area contributed by atoms with Crippen molar-refractivity contribution in [1.82, 2.24) is 19.6 Å². The summed E-state index contributed by atoms with van der Waals surface area (Å²) in [7, 11) is 0. The van der Waals surface area contributed by atoms with E-state index >= 15 is 0 Å². The van der Waals surface area contributed by atoms with E-state index < -0.39 is 0 Å². The molecular formula is C17H19N5OS. The number of carbonyl (C=O) groups is 1. The summed E-state index contributed by atoms with van der Waals surface area (Å²) in [6, 6.07) is 9.66. The highest BCUT2D eigenvalue weighted by atomic mass is 32.2. The first-order chi connectivity index (χ1) is 11.5. The molecule has 1 aromatic carbocycles. The molecule has 0 aliphatic heterocycles. The van der Waals surface area contributed by atoms with Crippen molar-refractivity contribution in [3.63, 3.8) is 0 Å². The predicted octanol–water partition coefficient (Wildman–Crippen LogP) is 3.37. The molecule has 0 aliphatic rings. The Labute approximate surface area is 144 Å². The molecule has 0 radical (unpaired) electrons. The van der Waals surface area contributed by atoms with Gasteiger partial charge in [-0.25, -0.2) is 9.50 Å². The Morgan fingerprint density at radius 2 is 2.00 bits per heavy atom. The zero-order chi connectivity index (χ0) is 17.1. The molecule has 124 valence electrons. The Morgan fingerprint density at radius 1 is 1.21 bits per heavy atom. The fourth-order valence-electron chi connectivity index (χ4n) is 2.32. The number of nitrogens with one attached hydrogen (secondary N) is 1. The van der Waals surface area contributed by atoms with Crippen LogP contribution in [0.1, 0.15) is 32.3 Å². The number of anilines is 1. The largest absolute Gasteiger partial charge is 0.325 e. The van der Waals surface area contributed by atoms with Gasteiger partial charge in [-0.1, -0.05) is 43.8 Å². The van der Waals surface area contributed by atoms with Crippen LogP contribution in [0.15, 0.2) is 47.9 Å². The van der Waals surface area contributed by atoms with Gasteiger partial charge in [-0.3, -0.25) is 4.79 Å². The van der Waals surface area contributed by atoms with Crippen molar-refractivity contribution in [1.29, 1.82) is 0 Å². The molecule has 0 saturated heterocycles. The van der Waals surface area contributed by atoms with Gasteiger partial charge in [-0.15, -0.1) is 5.10 Å². The molecule has 1 unspecified atom stereocenters. The van der Waals surface area contributed by atoms with Gasteiger partial charge in [0.1, 0.15) is 0 Å². The maximum Gasteiger partial charge on any atom is 0.253 e. The average molecular weight is 341 g/mol. The predicted molar refractivity (Wildman–Crippen MR) is 95.3 cm³/mol. The molecule has 0 fully saturated rings. The van der Waals surface area contributed by atoms with Crippen LogP contribution in [-0.4, -0.2) is 30.7 Å². The normalized spacial score (nSPS) is 12.5. The summed E-state index contributed by atoms with van der Waals surface area (Å²) in [5.41, 5.74) is 1.98. The summed E-state index contributed by atoms with van der Waals surface area (Å²) in [6.45, 7) is 6.06. The van der Waals surface area contributed by atoms with Crippen LogP contribution in [0, 0.1) is 0 Å². The zero-order valence-electron chi connectivity index (χ0n) is 13.8. The van der Waals surface area contributed by atoms with Gasteiger partial charge in [0, 0.05) is 18.1 Å². The first kappa shape index (κ1) is 16.4. The second-order valence-corrected chi connectivity index (χ2v) is 7.06. The first-order valence-corrected chi connectivity index (χ1v) is 8.66. The molecule has 1 atom stereocenters. The number of rotatable bonds is 5. The lowest BCUT2D eigenvalue weighted by molar-refractivity contribution is -0.115. The first-order valence-electron chi connectivity index (χ1n) is 7.78. The highest BCUT2D eigenvalue weighted by Crippen LogP contribution is 2.26. The molecule has 6 nitrogen and oxygen atoms in total. The summed E-state index contributed by atoms with van der Waals surface area (Å²) >= 11 is 1.32. The number of aromatic nitrogens is 4. The van der Waals surface area contributed by atoms with Crippen LogP contribution in [0.25, 0.3) is 5.78 Å². The SMILES string of the molecule is CC(Sc1nc2ncccn2n1)C(=O)Nc1ccccc1C(C)C. The summed E-state index contributed by atoms with van der Waals surface area (Å²) in [4.78, 5) is 20.9. The summed E-state index contributed by atoms with van der Waals surface area (Å²) in [5.74, 6) is 0.799. The molecular weight excluding hydrogens is 322 g/mol. The molecule has 0 bridgehead atoms. The van der Waals surface area contributed by atoms with Crippen LogP contribution in [0.3, 0.4) is 0 Å². The number of fused-ring (bicyclic) bond motifs is 1. The van der Waals surface area contributed by atoms with E-state index in [2.05, 4.69) is 34.2 Å². The number of benzene rings is 1. The van der Waals surface area contributed by atoms with E-state index in [1.54, 1.807) is 23.0 Å². The Bertz CT molecular complexity index is 828. The topological polar surface area (TPSA) is 72.2 Å². The summed E-state index contributed by atoms with van der Waals surface area (Å²) in [5, 5.41) is 7.54. The smallest absolute Gasteiger partial charge is 0.253 e. The van der Waals surface area contributed by atoms with Crippen molar-refractivity contribution >= 4 is 29.1 Å². The number of amides is 1. The van der Waals surface area contributed by atoms with Crippen molar-refractivity contribution < 1.29 is 4.79 Å². The van der Waals surface area contributed by atoms with E-state index in [0.717, 1.165) is 11.3 Å². The molecule has 0 spiro atoms. The minimum absolute atomic E-state index is 0.0695. The molecule has 2 aromatic heterocycles. The highest BCUT2D eigenvalue weighted by molar-refractivity contribution is 8.00. The van der Waals surface area contributed by atoms with Gasteiger partial charge in [0.25, 0.3) is 5.78 Å². The minimum atomic E-state index is -0.317. The number of para-hydroxylation sites is 1. The monoisotopic (exact) mass is 341 g/mol. The second-order valence-electron chi connectivity index (χ2n) is 5.75. The molecule has 0 saturated carbocycles. The molecule has 3 aromatic rings. The fourth-order valence-corrected chi connectivity index (χ4v) is 3.08. The lowest BCUT2D eigenvalue weighted by Crippen LogP contribution is -2.23. The van der Waals surface area contributed by atoms with Crippen LogP contribution in [-0.2, 0) is 4.79 Å². The zero-order valence-corrected chi connectivity index (χ0v) is 14.6. The van der Waals surface area contributed by atoms with Crippen molar-refractivity contribution in [2.75, 3.05) is 5.32 Å². The van der Waals surface area contributed by atoms with Crippen molar-refractivity contribution in [3.8, 4) is 0 Å². The highest BCUT2D eigenvalue weighted by Gasteiger charge is 2.19. The molecule has 0 aliphatic carbocycles. The summed E-state index contributed by atoms with van der Waals surface area (Å²) < 4.78 is 1.60. The van der Waals surface area contributed by atoms with Crippen molar-refractivity contribution in [2.24, 2.45) is 0 Å². The van der Waals surface area contributed by atoms with E-state index in [9.17, 15) is 4.79 Å². The Hall–Kier alpha value is -2.41. The average Bonchev–Trinajstić information content (AvgIpc) is 2.97. The maximum absolute atomic E-state index is 12.5. The van der Waals surface area contributed by atoms with Gasteiger partial charge in [0.05, 0.1) is 5.25 Å². The van der Waals surface area contributed by atoms with Gasteiger partial charge in [-0.05, 0) is 30.5 Å². The Balaban J connectivity index is 1.71. The Morgan fingerprint density at radius 3 is 2.75 bits per heavy atom. The van der Waals surface area contributed by atoms with Gasteiger partial charge in [0.15, 0.2) is 0 Å². The van der Waals surface area contributed by atoms with Crippen LogP contribution >= 0.6 is 11.8 Å². The Kier molecular flexibility index (Phi) is 4.80. The van der Waals surface area contributed by atoms with Gasteiger partial charge >= 0.3 is 0 Å². The van der Waals surface area contributed by atoms with E-state index in [0.29, 0.717) is 16.9 Å². The van der Waals surface area contributed by atoms with Crippen molar-refractivity contribution in [3.05, 3.63) is 48.3 Å². The number of hydrogen-bond acceptors (Lipinski definition) is 5. The third-order valence-electron chi connectivity index (χ3n) is 3.59. The van der Waals surface area contributed by atoms with Crippen LogP contribution < -0.4 is 5.32 Å². The van der Waals surface area contributed by atoms with Crippen LogP contribution in [0.4, 0.5) is 5.69 Å². The van der Waals surface area contributed by atoms with E-state index in [1.807, 2.05) is 31.2 Å². The van der Waals surface area contributed by atoms with Gasteiger partial charge in [-0.2, -0.15) is 4.98 Å². The van der Waals surface area contributed by atoms with Gasteiger partial charge < -0.3 is 5.32 Å². The van der Waals surface area contributed by atoms with Gasteiger partial charge in [0.2, 0.25) is 11.1 Å². The third kappa shape index (κ3) is 3.56. The molecule has 3 rings (SSSR count). The molecule has 1 amide bonds. The molecule has 24 heavy (non-hydrogen) atoms. The quantitative estimate of drug-likeness (QED) is 0.720. The van der Waals surface area contributed by atoms with E-state index in [4.69, 9.17) is 0 Å². The standard InChI is InChI=1S/C17H19N5OS/c1-11(2)13-7-4-5-8-14(13)19-15(23)12(3)24-17-20-16-18-9-6-10-22(16)21-17/h4-12H,1-3H3,(H,19,23).